The van der Waals surface area contributed by atoms with Gasteiger partial charge in [0.1, 0.15) is 24.7 Å². The molecule has 4 rings (SSSR count). The number of carbonyl (C=O) groups is 5. The molecule has 0 amide bonds. The van der Waals surface area contributed by atoms with Crippen LogP contribution in [0.1, 0.15) is 55.2 Å². The van der Waals surface area contributed by atoms with Crippen molar-refractivity contribution in [3.8, 4) is 17.6 Å². The van der Waals surface area contributed by atoms with Crippen LogP contribution in [0.3, 0.4) is 0 Å². The van der Waals surface area contributed by atoms with Gasteiger partial charge in [0, 0.05) is 17.4 Å². The molecule has 0 atom stereocenters. The van der Waals surface area contributed by atoms with Crippen molar-refractivity contribution in [1.29, 1.82) is 5.26 Å². The molecule has 0 radical (unpaired) electrons. The molecule has 2 aromatic rings. The Morgan fingerprint density at radius 2 is 1.45 bits per heavy atom. The first-order chi connectivity index (χ1) is 24.5. The van der Waals surface area contributed by atoms with Gasteiger partial charge in [-0.25, -0.2) is 14.9 Å². The number of ether oxygens (including phenoxy) is 5. The molecule has 1 aliphatic heterocycles. The summed E-state index contributed by atoms with van der Waals surface area (Å²) in [6.45, 7) is 14.3. The molecule has 0 N–H and O–H groups in total. The number of esters is 5. The van der Waals surface area contributed by atoms with E-state index in [0.29, 0.717) is 47.8 Å². The lowest BCUT2D eigenvalue weighted by Gasteiger charge is -2.26. The first kappa shape index (κ1) is 38.7. The number of thioether (sulfide) groups is 2. The molecule has 0 spiro atoms. The molecule has 12 nitrogen and oxygen atoms in total. The van der Waals surface area contributed by atoms with Gasteiger partial charge >= 0.3 is 29.8 Å². The maximum atomic E-state index is 13.2. The van der Waals surface area contributed by atoms with Crippen molar-refractivity contribution < 1.29 is 47.7 Å². The molecule has 1 saturated carbocycles. The lowest BCUT2D eigenvalue weighted by Crippen LogP contribution is -2.30. The largest absolute Gasteiger partial charge is 0.465 e. The maximum Gasteiger partial charge on any atom is 0.330 e. The van der Waals surface area contributed by atoms with Crippen LogP contribution in [0.15, 0.2) is 62.7 Å². The number of hydrogen-bond donors (Lipinski definition) is 0. The minimum Gasteiger partial charge on any atom is -0.465 e. The summed E-state index contributed by atoms with van der Waals surface area (Å²) in [6.07, 6.45) is 3.00. The third-order valence-electron chi connectivity index (χ3n) is 8.20. The minimum absolute atomic E-state index is 0.00899. The molecule has 1 aliphatic carbocycles. The Labute approximate surface area is 304 Å². The lowest BCUT2D eigenvalue weighted by molar-refractivity contribution is -0.152. The number of carbonyl (C=O) groups excluding carboxylic acids is 5. The van der Waals surface area contributed by atoms with E-state index in [-0.39, 0.29) is 62.1 Å². The molecule has 14 heteroatoms. The normalized spacial score (nSPS) is 17.1. The highest BCUT2D eigenvalue weighted by atomic mass is 32.2. The van der Waals surface area contributed by atoms with Gasteiger partial charge in [0.15, 0.2) is 0 Å². The molecule has 1 heterocycles. The summed E-state index contributed by atoms with van der Waals surface area (Å²) in [6, 6.07) is 10.6. The first-order valence-electron chi connectivity index (χ1n) is 16.2. The summed E-state index contributed by atoms with van der Waals surface area (Å²) >= 11 is 2.62. The van der Waals surface area contributed by atoms with Gasteiger partial charge in [0.25, 0.3) is 5.70 Å². The molecule has 0 bridgehead atoms. The van der Waals surface area contributed by atoms with E-state index in [4.69, 9.17) is 30.3 Å². The van der Waals surface area contributed by atoms with Gasteiger partial charge < -0.3 is 23.7 Å². The first-order valence-corrected chi connectivity index (χ1v) is 17.8. The van der Waals surface area contributed by atoms with Crippen LogP contribution >= 0.6 is 23.5 Å². The number of aryl methyl sites for hydroxylation is 1. The third-order valence-corrected chi connectivity index (χ3v) is 10.9. The van der Waals surface area contributed by atoms with Gasteiger partial charge in [-0.05, 0) is 74.4 Å². The topological polar surface area (TPSA) is 160 Å². The number of fused-ring (bicyclic) bond motifs is 1. The number of nitrogens with zero attached hydrogens (tertiary/aromatic N) is 2. The second-order valence-corrected chi connectivity index (χ2v) is 13.9. The second kappa shape index (κ2) is 18.8. The predicted molar refractivity (Wildman–Crippen MR) is 186 cm³/mol. The van der Waals surface area contributed by atoms with Crippen LogP contribution in [0.5, 0.6) is 11.5 Å². The standard InChI is InChI=1S/C37H36N2O10S2/c1-5-30(40)46-18-19-47-32(42)15-14-31(41)45-17-16-24-6-12-27(13-7-24)48-35(43)25-8-10-26(11-9-25)36(44)49-29-20-22(2)23(3)33-34(29)51-37(50-33)28(21-38)39-4/h5-7,12-13,20,25-26H,1,8-11,14-19H2,2-3H3/b37-28-. The van der Waals surface area contributed by atoms with Crippen molar-refractivity contribution in [2.75, 3.05) is 19.8 Å². The monoisotopic (exact) mass is 732 g/mol. The van der Waals surface area contributed by atoms with Crippen LogP contribution in [0.2, 0.25) is 0 Å². The smallest absolute Gasteiger partial charge is 0.330 e. The molecule has 0 saturated heterocycles. The fourth-order valence-corrected chi connectivity index (χ4v) is 7.83. The van der Waals surface area contributed by atoms with Crippen molar-refractivity contribution in [2.24, 2.45) is 11.8 Å². The molecular formula is C37H36N2O10S2. The number of hydrogen-bond acceptors (Lipinski definition) is 13. The van der Waals surface area contributed by atoms with Crippen molar-refractivity contribution >= 4 is 53.4 Å². The van der Waals surface area contributed by atoms with Crippen LogP contribution < -0.4 is 9.47 Å². The maximum absolute atomic E-state index is 13.2. The van der Waals surface area contributed by atoms with E-state index in [1.54, 1.807) is 24.3 Å². The third kappa shape index (κ3) is 11.0. The molecule has 2 aromatic carbocycles. The molecule has 266 valence electrons. The lowest BCUT2D eigenvalue weighted by atomic mass is 9.82. The summed E-state index contributed by atoms with van der Waals surface area (Å²) < 4.78 is 26.8. The van der Waals surface area contributed by atoms with E-state index in [2.05, 4.69) is 11.4 Å². The van der Waals surface area contributed by atoms with Gasteiger partial charge in [0.2, 0.25) is 0 Å². The molecular weight excluding hydrogens is 697 g/mol. The Morgan fingerprint density at radius 1 is 0.882 bits per heavy atom. The Bertz CT molecular complexity index is 1780. The Balaban J connectivity index is 1.17. The summed E-state index contributed by atoms with van der Waals surface area (Å²) in [7, 11) is 0. The van der Waals surface area contributed by atoms with Crippen LogP contribution in [0, 0.1) is 43.6 Å². The number of nitriles is 1. The van der Waals surface area contributed by atoms with Crippen molar-refractivity contribution in [1.82, 2.24) is 0 Å². The summed E-state index contributed by atoms with van der Waals surface area (Å²) in [4.78, 5) is 65.6. The molecule has 0 unspecified atom stereocenters. The van der Waals surface area contributed by atoms with Crippen LogP contribution in [-0.4, -0.2) is 49.7 Å². The highest BCUT2D eigenvalue weighted by Gasteiger charge is 2.34. The fourth-order valence-electron chi connectivity index (χ4n) is 5.21. The van der Waals surface area contributed by atoms with Gasteiger partial charge in [-0.15, -0.1) is 0 Å². The van der Waals surface area contributed by atoms with Crippen LogP contribution in [0.4, 0.5) is 0 Å². The molecule has 2 aliphatic rings. The summed E-state index contributed by atoms with van der Waals surface area (Å²) in [5.41, 5.74) is 2.80. The number of benzene rings is 2. The highest BCUT2D eigenvalue weighted by molar-refractivity contribution is 8.24. The zero-order chi connectivity index (χ0) is 36.9. The van der Waals surface area contributed by atoms with E-state index in [9.17, 15) is 29.2 Å². The van der Waals surface area contributed by atoms with E-state index in [1.807, 2.05) is 26.0 Å². The van der Waals surface area contributed by atoms with Crippen LogP contribution in [-0.2, 0) is 44.6 Å². The minimum atomic E-state index is -0.622. The quantitative estimate of drug-likeness (QED) is 0.0391. The highest BCUT2D eigenvalue weighted by Crippen LogP contribution is 2.57. The summed E-state index contributed by atoms with van der Waals surface area (Å²) in [5, 5.41) is 9.33. The van der Waals surface area contributed by atoms with Gasteiger partial charge in [-0.3, -0.25) is 19.2 Å². The van der Waals surface area contributed by atoms with Crippen molar-refractivity contribution in [3.05, 3.63) is 81.0 Å². The van der Waals surface area contributed by atoms with E-state index in [1.165, 1.54) is 23.5 Å². The van der Waals surface area contributed by atoms with E-state index >= 15 is 0 Å². The zero-order valence-corrected chi connectivity index (χ0v) is 29.8. The van der Waals surface area contributed by atoms with Crippen molar-refractivity contribution in [3.63, 3.8) is 0 Å². The predicted octanol–water partition coefficient (Wildman–Crippen LogP) is 6.57. The SMILES string of the molecule is [C-]#[N+]/C(C#N)=C1\Sc2c(OC(=O)C3CCC(C(=O)Oc4ccc(CCOC(=O)CCC(=O)OCCOC(=O)C=C)cc4)CC3)cc(C)c(C)c2S1. The van der Waals surface area contributed by atoms with Gasteiger partial charge in [0.05, 0.1) is 53.1 Å². The van der Waals surface area contributed by atoms with Crippen LogP contribution in [0.25, 0.3) is 4.85 Å². The number of allylic oxidation sites excluding steroid dienone is 1. The zero-order valence-electron chi connectivity index (χ0n) is 28.2. The number of rotatable bonds is 14. The second-order valence-electron chi connectivity index (χ2n) is 11.6. The van der Waals surface area contributed by atoms with Gasteiger partial charge in [-0.1, -0.05) is 42.2 Å². The summed E-state index contributed by atoms with van der Waals surface area (Å²) in [5.74, 6) is -2.46. The van der Waals surface area contributed by atoms with E-state index in [0.717, 1.165) is 32.6 Å². The average molecular weight is 733 g/mol. The van der Waals surface area contributed by atoms with Crippen molar-refractivity contribution in [2.45, 2.75) is 68.6 Å². The molecule has 1 fully saturated rings. The fraction of sp³-hybridized carbons (Fsp3) is 0.378. The average Bonchev–Trinajstić information content (AvgIpc) is 3.58. The molecule has 51 heavy (non-hydrogen) atoms. The van der Waals surface area contributed by atoms with E-state index < -0.39 is 17.9 Å². The molecule has 0 aromatic heterocycles. The Morgan fingerprint density at radius 3 is 2.04 bits per heavy atom. The Hall–Kier alpha value is -5.05. The Kier molecular flexibility index (Phi) is 14.3. The van der Waals surface area contributed by atoms with Gasteiger partial charge in [-0.2, -0.15) is 0 Å².